The number of nitrogens with one attached hydrogen (secondary N) is 1. The summed E-state index contributed by atoms with van der Waals surface area (Å²) in [6.07, 6.45) is 1.14. The summed E-state index contributed by atoms with van der Waals surface area (Å²) in [5.41, 5.74) is 1.01. The number of rotatable bonds is 7. The first-order chi connectivity index (χ1) is 10.9. The van der Waals surface area contributed by atoms with Gasteiger partial charge in [0.25, 0.3) is 0 Å². The minimum absolute atomic E-state index is 0.0928. The van der Waals surface area contributed by atoms with Crippen LogP contribution >= 0.6 is 11.3 Å². The maximum absolute atomic E-state index is 13.0. The SMILES string of the molecule is CCCC(=O)NC[C@@H](c1cccs1)S(=O)(=O)c1ccc(C)cc1. The second-order valence-corrected chi connectivity index (χ2v) is 8.53. The van der Waals surface area contributed by atoms with E-state index in [1.807, 2.05) is 25.3 Å². The molecule has 6 heteroatoms. The van der Waals surface area contributed by atoms with E-state index in [0.29, 0.717) is 6.42 Å². The van der Waals surface area contributed by atoms with Crippen LogP contribution in [0.4, 0.5) is 0 Å². The third kappa shape index (κ3) is 4.42. The van der Waals surface area contributed by atoms with Crippen molar-refractivity contribution >= 4 is 27.1 Å². The van der Waals surface area contributed by atoms with E-state index in [1.54, 1.807) is 30.3 Å². The Balaban J connectivity index is 2.29. The van der Waals surface area contributed by atoms with Crippen LogP contribution in [0.2, 0.25) is 0 Å². The van der Waals surface area contributed by atoms with Crippen molar-refractivity contribution < 1.29 is 13.2 Å². The van der Waals surface area contributed by atoms with E-state index in [2.05, 4.69) is 5.32 Å². The maximum atomic E-state index is 13.0. The van der Waals surface area contributed by atoms with Gasteiger partial charge < -0.3 is 5.32 Å². The van der Waals surface area contributed by atoms with Crippen molar-refractivity contribution in [3.05, 3.63) is 52.2 Å². The number of sulfone groups is 1. The fraction of sp³-hybridized carbons (Fsp3) is 0.353. The summed E-state index contributed by atoms with van der Waals surface area (Å²) in [6, 6.07) is 10.4. The zero-order valence-corrected chi connectivity index (χ0v) is 14.9. The number of carbonyl (C=O) groups excluding carboxylic acids is 1. The van der Waals surface area contributed by atoms with Crippen LogP contribution in [0.1, 0.15) is 35.5 Å². The Bertz CT molecular complexity index is 735. The highest BCUT2D eigenvalue weighted by Gasteiger charge is 2.30. The molecule has 0 aliphatic carbocycles. The highest BCUT2D eigenvalue weighted by atomic mass is 32.2. The Kier molecular flexibility index (Phi) is 5.96. The molecule has 1 aromatic heterocycles. The molecular formula is C17H21NO3S2. The number of aryl methyl sites for hydroxylation is 1. The molecule has 0 saturated carbocycles. The van der Waals surface area contributed by atoms with Gasteiger partial charge in [-0.05, 0) is 36.9 Å². The number of hydrogen-bond acceptors (Lipinski definition) is 4. The average molecular weight is 351 g/mol. The zero-order valence-electron chi connectivity index (χ0n) is 13.3. The van der Waals surface area contributed by atoms with Crippen LogP contribution in [0.15, 0.2) is 46.7 Å². The standard InChI is InChI=1S/C17H21NO3S2/c1-3-5-17(19)18-12-16(15-6-4-11-22-15)23(20,21)14-9-7-13(2)8-10-14/h4,6-11,16H,3,5,12H2,1-2H3,(H,18,19)/t16-/m0/s1. The Morgan fingerprint density at radius 2 is 1.91 bits per heavy atom. The summed E-state index contributed by atoms with van der Waals surface area (Å²) in [4.78, 5) is 12.7. The van der Waals surface area contributed by atoms with Crippen LogP contribution < -0.4 is 5.32 Å². The number of thiophene rings is 1. The molecule has 1 aromatic carbocycles. The highest BCUT2D eigenvalue weighted by molar-refractivity contribution is 7.91. The van der Waals surface area contributed by atoms with E-state index >= 15 is 0 Å². The summed E-state index contributed by atoms with van der Waals surface area (Å²) in [5, 5.41) is 3.84. The number of amides is 1. The molecule has 0 saturated heterocycles. The lowest BCUT2D eigenvalue weighted by Crippen LogP contribution is -2.31. The molecule has 1 amide bonds. The van der Waals surface area contributed by atoms with Crippen molar-refractivity contribution in [3.8, 4) is 0 Å². The van der Waals surface area contributed by atoms with Gasteiger partial charge in [-0.3, -0.25) is 4.79 Å². The van der Waals surface area contributed by atoms with Crippen LogP contribution in [0.5, 0.6) is 0 Å². The third-order valence-corrected chi connectivity index (χ3v) is 6.78. The van der Waals surface area contributed by atoms with Gasteiger partial charge in [-0.15, -0.1) is 11.3 Å². The van der Waals surface area contributed by atoms with Gasteiger partial charge in [-0.25, -0.2) is 8.42 Å². The van der Waals surface area contributed by atoms with Gasteiger partial charge in [-0.2, -0.15) is 0 Å². The average Bonchev–Trinajstić information content (AvgIpc) is 3.02. The Hall–Kier alpha value is -1.66. The lowest BCUT2D eigenvalue weighted by Gasteiger charge is -2.17. The molecule has 0 fully saturated rings. The smallest absolute Gasteiger partial charge is 0.220 e. The van der Waals surface area contributed by atoms with Gasteiger partial charge in [0, 0.05) is 17.8 Å². The summed E-state index contributed by atoms with van der Waals surface area (Å²) < 4.78 is 25.9. The summed E-state index contributed by atoms with van der Waals surface area (Å²) in [5.74, 6) is -0.117. The van der Waals surface area contributed by atoms with E-state index in [9.17, 15) is 13.2 Å². The van der Waals surface area contributed by atoms with Crippen molar-refractivity contribution in [1.82, 2.24) is 5.32 Å². The predicted molar refractivity (Wildman–Crippen MR) is 93.3 cm³/mol. The van der Waals surface area contributed by atoms with Crippen molar-refractivity contribution in [2.45, 2.75) is 36.8 Å². The van der Waals surface area contributed by atoms with Gasteiger partial charge in [0.1, 0.15) is 5.25 Å². The van der Waals surface area contributed by atoms with E-state index in [4.69, 9.17) is 0 Å². The summed E-state index contributed by atoms with van der Waals surface area (Å²) >= 11 is 1.39. The van der Waals surface area contributed by atoms with Crippen molar-refractivity contribution in [2.24, 2.45) is 0 Å². The Morgan fingerprint density at radius 1 is 1.22 bits per heavy atom. The lowest BCUT2D eigenvalue weighted by atomic mass is 10.2. The van der Waals surface area contributed by atoms with Crippen molar-refractivity contribution in [2.75, 3.05) is 6.54 Å². The van der Waals surface area contributed by atoms with Gasteiger partial charge in [-0.1, -0.05) is 30.7 Å². The van der Waals surface area contributed by atoms with Crippen LogP contribution in [0.3, 0.4) is 0 Å². The Labute approximate surface area is 141 Å². The highest BCUT2D eigenvalue weighted by Crippen LogP contribution is 2.31. The summed E-state index contributed by atoms with van der Waals surface area (Å²) in [7, 11) is -3.56. The van der Waals surface area contributed by atoms with Gasteiger partial charge >= 0.3 is 0 Å². The van der Waals surface area contributed by atoms with E-state index < -0.39 is 15.1 Å². The first-order valence-electron chi connectivity index (χ1n) is 7.55. The van der Waals surface area contributed by atoms with Crippen LogP contribution in [-0.4, -0.2) is 20.9 Å². The first-order valence-corrected chi connectivity index (χ1v) is 9.98. The maximum Gasteiger partial charge on any atom is 0.220 e. The molecule has 124 valence electrons. The number of carbonyl (C=O) groups is 1. The lowest BCUT2D eigenvalue weighted by molar-refractivity contribution is -0.121. The zero-order chi connectivity index (χ0) is 16.9. The van der Waals surface area contributed by atoms with Crippen LogP contribution in [0.25, 0.3) is 0 Å². The molecule has 1 atom stereocenters. The molecule has 0 aliphatic rings. The largest absolute Gasteiger partial charge is 0.354 e. The summed E-state index contributed by atoms with van der Waals surface area (Å²) in [6.45, 7) is 3.92. The molecule has 23 heavy (non-hydrogen) atoms. The molecular weight excluding hydrogens is 330 g/mol. The normalized spacial score (nSPS) is 12.8. The fourth-order valence-electron chi connectivity index (χ4n) is 2.25. The second kappa shape index (κ2) is 7.75. The molecule has 0 spiro atoms. The van der Waals surface area contributed by atoms with Crippen LogP contribution in [0, 0.1) is 6.92 Å². The monoisotopic (exact) mass is 351 g/mol. The van der Waals surface area contributed by atoms with Crippen molar-refractivity contribution in [3.63, 3.8) is 0 Å². The number of benzene rings is 1. The third-order valence-electron chi connectivity index (χ3n) is 3.55. The quantitative estimate of drug-likeness (QED) is 0.830. The fourth-order valence-corrected chi connectivity index (χ4v) is 5.04. The van der Waals surface area contributed by atoms with Gasteiger partial charge in [0.05, 0.1) is 4.90 Å². The molecule has 1 N–H and O–H groups in total. The predicted octanol–water partition coefficient (Wildman–Crippen LogP) is 3.49. The molecule has 2 rings (SSSR count). The molecule has 0 aliphatic heterocycles. The van der Waals surface area contributed by atoms with E-state index in [-0.39, 0.29) is 17.3 Å². The van der Waals surface area contributed by atoms with E-state index in [1.165, 1.54) is 11.3 Å². The van der Waals surface area contributed by atoms with E-state index in [0.717, 1.165) is 16.9 Å². The second-order valence-electron chi connectivity index (χ2n) is 5.42. The van der Waals surface area contributed by atoms with Crippen LogP contribution in [-0.2, 0) is 14.6 Å². The number of hydrogen-bond donors (Lipinski definition) is 1. The van der Waals surface area contributed by atoms with Gasteiger partial charge in [0.2, 0.25) is 5.91 Å². The Morgan fingerprint density at radius 3 is 2.48 bits per heavy atom. The topological polar surface area (TPSA) is 63.2 Å². The van der Waals surface area contributed by atoms with Crippen molar-refractivity contribution in [1.29, 1.82) is 0 Å². The molecule has 0 radical (unpaired) electrons. The molecule has 4 nitrogen and oxygen atoms in total. The molecule has 0 unspecified atom stereocenters. The first kappa shape index (κ1) is 17.7. The minimum Gasteiger partial charge on any atom is -0.354 e. The molecule has 0 bridgehead atoms. The molecule has 1 heterocycles. The minimum atomic E-state index is -3.56. The van der Waals surface area contributed by atoms with Gasteiger partial charge in [0.15, 0.2) is 9.84 Å². The molecule has 2 aromatic rings.